The molecule has 0 aromatic carbocycles. The Morgan fingerprint density at radius 2 is 2.16 bits per heavy atom. The molecule has 0 bridgehead atoms. The second-order valence-electron chi connectivity index (χ2n) is 4.31. The van der Waals surface area contributed by atoms with Crippen LogP contribution in [0.2, 0.25) is 0 Å². The van der Waals surface area contributed by atoms with Gasteiger partial charge in [-0.15, -0.1) is 0 Å². The Bertz CT molecular complexity index is 613. The van der Waals surface area contributed by atoms with Crippen LogP contribution in [0.25, 0.3) is 5.82 Å². The predicted molar refractivity (Wildman–Crippen MR) is 72.7 cm³/mol. The first-order valence-corrected chi connectivity index (χ1v) is 6.07. The van der Waals surface area contributed by atoms with Gasteiger partial charge in [-0.3, -0.25) is 0 Å². The molecule has 6 nitrogen and oxygen atoms in total. The van der Waals surface area contributed by atoms with Crippen molar-refractivity contribution in [3.05, 3.63) is 40.8 Å². The Kier molecular flexibility index (Phi) is 3.50. The van der Waals surface area contributed by atoms with E-state index in [1.807, 2.05) is 18.5 Å². The molecular weight excluding hydrogens is 242 g/mol. The van der Waals surface area contributed by atoms with Crippen molar-refractivity contribution < 1.29 is 5.21 Å². The average molecular weight is 259 g/mol. The number of nitrogens with two attached hydrogens (primary N) is 1. The molecule has 0 atom stereocenters. The fraction of sp³-hybridized carbons (Fsp3) is 0.308. The van der Waals surface area contributed by atoms with Gasteiger partial charge in [0.1, 0.15) is 0 Å². The van der Waals surface area contributed by atoms with Gasteiger partial charge in [0.15, 0.2) is 11.7 Å². The molecule has 100 valence electrons. The van der Waals surface area contributed by atoms with Gasteiger partial charge in [-0.05, 0) is 38.0 Å². The summed E-state index contributed by atoms with van der Waals surface area (Å²) in [6.07, 6.45) is 2.51. The number of nitrogens with zero attached hydrogens (tertiary/aromatic N) is 4. The highest BCUT2D eigenvalue weighted by Gasteiger charge is 2.12. The lowest BCUT2D eigenvalue weighted by Crippen LogP contribution is -2.14. The zero-order valence-electron chi connectivity index (χ0n) is 11.3. The van der Waals surface area contributed by atoms with Crippen LogP contribution < -0.4 is 5.73 Å². The van der Waals surface area contributed by atoms with Crippen molar-refractivity contribution >= 4 is 5.84 Å². The summed E-state index contributed by atoms with van der Waals surface area (Å²) >= 11 is 0. The minimum atomic E-state index is 0.0432. The van der Waals surface area contributed by atoms with E-state index < -0.39 is 0 Å². The molecule has 0 amide bonds. The maximum absolute atomic E-state index is 8.61. The standard InChI is InChI=1S/C13H17N5O/c1-4-11-8(2)16-18(9(11)3)12-6-5-10(7-15-12)13(14)17-19/h5-7,19H,4H2,1-3H3,(H2,14,17). The van der Waals surface area contributed by atoms with E-state index >= 15 is 0 Å². The third kappa shape index (κ3) is 2.29. The van der Waals surface area contributed by atoms with Gasteiger partial charge in [0.05, 0.1) is 5.69 Å². The summed E-state index contributed by atoms with van der Waals surface area (Å²) in [4.78, 5) is 4.30. The van der Waals surface area contributed by atoms with E-state index in [0.29, 0.717) is 5.56 Å². The first-order chi connectivity index (χ1) is 9.08. The first-order valence-electron chi connectivity index (χ1n) is 6.07. The lowest BCUT2D eigenvalue weighted by Gasteiger charge is -2.05. The van der Waals surface area contributed by atoms with Crippen LogP contribution in [0.5, 0.6) is 0 Å². The Hall–Kier alpha value is -2.37. The molecule has 0 radical (unpaired) electrons. The number of rotatable bonds is 3. The molecule has 0 spiro atoms. The zero-order valence-corrected chi connectivity index (χ0v) is 11.3. The summed E-state index contributed by atoms with van der Waals surface area (Å²) in [7, 11) is 0. The Morgan fingerprint density at radius 3 is 2.63 bits per heavy atom. The van der Waals surface area contributed by atoms with Crippen LogP contribution in [0.15, 0.2) is 23.5 Å². The molecule has 6 heteroatoms. The maximum Gasteiger partial charge on any atom is 0.171 e. The second kappa shape index (κ2) is 5.09. The molecule has 0 saturated carbocycles. The molecule has 0 saturated heterocycles. The first kappa shape index (κ1) is 13.1. The highest BCUT2D eigenvalue weighted by Crippen LogP contribution is 2.17. The van der Waals surface area contributed by atoms with Crippen LogP contribution >= 0.6 is 0 Å². The van der Waals surface area contributed by atoms with Crippen molar-refractivity contribution in [3.8, 4) is 5.82 Å². The SMILES string of the molecule is CCc1c(C)nn(-c2ccc(C(N)=NO)cn2)c1C. The lowest BCUT2D eigenvalue weighted by molar-refractivity contribution is 0.318. The van der Waals surface area contributed by atoms with E-state index in [9.17, 15) is 0 Å². The van der Waals surface area contributed by atoms with Crippen molar-refractivity contribution in [1.82, 2.24) is 14.8 Å². The highest BCUT2D eigenvalue weighted by molar-refractivity contribution is 5.96. The highest BCUT2D eigenvalue weighted by atomic mass is 16.4. The summed E-state index contributed by atoms with van der Waals surface area (Å²) in [6, 6.07) is 3.55. The molecule has 0 aliphatic rings. The summed E-state index contributed by atoms with van der Waals surface area (Å²) in [5, 5.41) is 16.0. The second-order valence-corrected chi connectivity index (χ2v) is 4.31. The molecule has 19 heavy (non-hydrogen) atoms. The van der Waals surface area contributed by atoms with E-state index in [1.54, 1.807) is 18.3 Å². The van der Waals surface area contributed by atoms with Crippen LogP contribution in [0.1, 0.15) is 29.4 Å². The number of pyridine rings is 1. The molecule has 2 aromatic heterocycles. The number of oxime groups is 1. The molecule has 3 N–H and O–H groups in total. The van der Waals surface area contributed by atoms with Gasteiger partial charge in [-0.25, -0.2) is 9.67 Å². The predicted octanol–water partition coefficient (Wildman–Crippen LogP) is 1.54. The molecule has 0 fully saturated rings. The van der Waals surface area contributed by atoms with Crippen molar-refractivity contribution in [2.24, 2.45) is 10.9 Å². The van der Waals surface area contributed by atoms with Gasteiger partial charge in [0.2, 0.25) is 0 Å². The number of hydrogen-bond donors (Lipinski definition) is 2. The monoisotopic (exact) mass is 259 g/mol. The van der Waals surface area contributed by atoms with Crippen molar-refractivity contribution in [3.63, 3.8) is 0 Å². The van der Waals surface area contributed by atoms with Gasteiger partial charge in [0.25, 0.3) is 0 Å². The summed E-state index contributed by atoms with van der Waals surface area (Å²) < 4.78 is 1.81. The largest absolute Gasteiger partial charge is 0.409 e. The zero-order chi connectivity index (χ0) is 14.0. The number of aromatic nitrogens is 3. The maximum atomic E-state index is 8.61. The summed E-state index contributed by atoms with van der Waals surface area (Å²) in [5.41, 5.74) is 9.41. The summed E-state index contributed by atoms with van der Waals surface area (Å²) in [5.74, 6) is 0.761. The van der Waals surface area contributed by atoms with E-state index in [1.165, 1.54) is 5.56 Å². The molecular formula is C13H17N5O. The minimum absolute atomic E-state index is 0.0432. The quantitative estimate of drug-likeness (QED) is 0.379. The fourth-order valence-corrected chi connectivity index (χ4v) is 2.13. The van der Waals surface area contributed by atoms with Crippen LogP contribution in [0.4, 0.5) is 0 Å². The third-order valence-electron chi connectivity index (χ3n) is 3.16. The van der Waals surface area contributed by atoms with Gasteiger partial charge in [0, 0.05) is 17.5 Å². The fourth-order valence-electron chi connectivity index (χ4n) is 2.13. The van der Waals surface area contributed by atoms with Crippen molar-refractivity contribution in [2.75, 3.05) is 0 Å². The number of hydrogen-bond acceptors (Lipinski definition) is 4. The van der Waals surface area contributed by atoms with Gasteiger partial charge in [-0.1, -0.05) is 12.1 Å². The smallest absolute Gasteiger partial charge is 0.171 e. The van der Waals surface area contributed by atoms with Gasteiger partial charge >= 0.3 is 0 Å². The summed E-state index contributed by atoms with van der Waals surface area (Å²) in [6.45, 7) is 6.13. The van der Waals surface area contributed by atoms with Crippen molar-refractivity contribution in [1.29, 1.82) is 0 Å². The van der Waals surface area contributed by atoms with E-state index in [2.05, 4.69) is 22.2 Å². The van der Waals surface area contributed by atoms with Crippen LogP contribution in [0, 0.1) is 13.8 Å². The van der Waals surface area contributed by atoms with Crippen LogP contribution in [-0.2, 0) is 6.42 Å². The molecule has 0 aliphatic carbocycles. The molecule has 2 heterocycles. The molecule has 2 aromatic rings. The minimum Gasteiger partial charge on any atom is -0.409 e. The number of aryl methyl sites for hydroxylation is 1. The normalized spacial score (nSPS) is 11.8. The molecule has 0 unspecified atom stereocenters. The lowest BCUT2D eigenvalue weighted by atomic mass is 10.1. The van der Waals surface area contributed by atoms with Gasteiger partial charge in [-0.2, -0.15) is 5.10 Å². The van der Waals surface area contributed by atoms with Gasteiger partial charge < -0.3 is 10.9 Å². The third-order valence-corrected chi connectivity index (χ3v) is 3.16. The molecule has 2 rings (SSSR count). The molecule has 0 aliphatic heterocycles. The Balaban J connectivity index is 2.43. The average Bonchev–Trinajstić information content (AvgIpc) is 2.72. The topological polar surface area (TPSA) is 89.3 Å². The van der Waals surface area contributed by atoms with E-state index in [4.69, 9.17) is 10.9 Å². The van der Waals surface area contributed by atoms with Crippen LogP contribution in [-0.4, -0.2) is 25.8 Å². The van der Waals surface area contributed by atoms with E-state index in [-0.39, 0.29) is 5.84 Å². The van der Waals surface area contributed by atoms with E-state index in [0.717, 1.165) is 23.6 Å². The Morgan fingerprint density at radius 1 is 1.42 bits per heavy atom. The Labute approximate surface area is 111 Å². The van der Waals surface area contributed by atoms with Crippen molar-refractivity contribution in [2.45, 2.75) is 27.2 Å². The van der Waals surface area contributed by atoms with Crippen LogP contribution in [0.3, 0.4) is 0 Å². The number of amidine groups is 1.